The lowest BCUT2D eigenvalue weighted by molar-refractivity contribution is -0.671. The minimum absolute atomic E-state index is 1.01. The third-order valence-corrected chi connectivity index (χ3v) is 2.72. The van der Waals surface area contributed by atoms with Gasteiger partial charge in [0, 0.05) is 23.1 Å². The molecule has 78 valence electrons. The van der Waals surface area contributed by atoms with E-state index in [1.165, 1.54) is 0 Å². The fourth-order valence-electron chi connectivity index (χ4n) is 1.84. The van der Waals surface area contributed by atoms with Crippen molar-refractivity contribution in [2.24, 2.45) is 7.05 Å². The molecule has 0 aliphatic rings. The van der Waals surface area contributed by atoms with Crippen LogP contribution in [0.15, 0.2) is 48.8 Å². The van der Waals surface area contributed by atoms with E-state index >= 15 is 0 Å². The molecule has 0 aliphatic heterocycles. The van der Waals surface area contributed by atoms with Crippen molar-refractivity contribution in [3.05, 3.63) is 48.8 Å². The van der Waals surface area contributed by atoms with Gasteiger partial charge in [-0.05, 0) is 6.07 Å². The van der Waals surface area contributed by atoms with Gasteiger partial charge in [0.1, 0.15) is 12.7 Å². The normalized spacial score (nSPS) is 10.8. The number of aromatic nitrogens is 3. The van der Waals surface area contributed by atoms with E-state index in [1.54, 1.807) is 0 Å². The summed E-state index contributed by atoms with van der Waals surface area (Å²) in [6, 6.07) is 12.3. The van der Waals surface area contributed by atoms with E-state index in [1.807, 2.05) is 42.2 Å². The van der Waals surface area contributed by atoms with Crippen LogP contribution in [-0.2, 0) is 7.05 Å². The first-order valence-corrected chi connectivity index (χ1v) is 5.23. The number of benzene rings is 1. The van der Waals surface area contributed by atoms with Gasteiger partial charge in [0.2, 0.25) is 0 Å². The summed E-state index contributed by atoms with van der Waals surface area (Å²) >= 11 is 0. The van der Waals surface area contributed by atoms with Crippen LogP contribution >= 0.6 is 0 Å². The number of hydrogen-bond donors (Lipinski definition) is 1. The van der Waals surface area contributed by atoms with Gasteiger partial charge in [-0.25, -0.2) is 4.57 Å². The van der Waals surface area contributed by atoms with Crippen molar-refractivity contribution in [3.63, 3.8) is 0 Å². The number of rotatable bonds is 1. The largest absolute Gasteiger partial charge is 0.277 e. The molecule has 2 aromatic heterocycles. The number of para-hydroxylation sites is 1. The van der Waals surface area contributed by atoms with E-state index in [2.05, 4.69) is 28.4 Å². The number of aryl methyl sites for hydroxylation is 1. The number of hydrogen-bond acceptors (Lipinski definition) is 1. The predicted molar refractivity (Wildman–Crippen MR) is 62.7 cm³/mol. The monoisotopic (exact) mass is 210 g/mol. The molecule has 0 radical (unpaired) electrons. The van der Waals surface area contributed by atoms with Crippen molar-refractivity contribution in [1.29, 1.82) is 0 Å². The van der Waals surface area contributed by atoms with Crippen LogP contribution in [0.25, 0.3) is 22.2 Å². The molecular weight excluding hydrogens is 198 g/mol. The molecule has 0 unspecified atom stereocenters. The zero-order valence-electron chi connectivity index (χ0n) is 9.01. The molecule has 16 heavy (non-hydrogen) atoms. The summed E-state index contributed by atoms with van der Waals surface area (Å²) in [6.07, 6.45) is 4.05. The van der Waals surface area contributed by atoms with Gasteiger partial charge >= 0.3 is 0 Å². The third-order valence-electron chi connectivity index (χ3n) is 2.72. The summed E-state index contributed by atoms with van der Waals surface area (Å²) in [6.45, 7) is 0. The van der Waals surface area contributed by atoms with Gasteiger partial charge in [0.15, 0.2) is 12.4 Å². The lowest BCUT2D eigenvalue weighted by Gasteiger charge is -1.95. The second-order valence-corrected chi connectivity index (χ2v) is 3.87. The van der Waals surface area contributed by atoms with Crippen LogP contribution in [0.3, 0.4) is 0 Å². The number of fused-ring (bicyclic) bond motifs is 1. The number of nitrogens with zero attached hydrogens (tertiary/aromatic N) is 2. The van der Waals surface area contributed by atoms with Crippen LogP contribution in [0.2, 0.25) is 0 Å². The van der Waals surface area contributed by atoms with Crippen molar-refractivity contribution in [2.75, 3.05) is 0 Å². The summed E-state index contributed by atoms with van der Waals surface area (Å²) in [5.41, 5.74) is 3.22. The van der Waals surface area contributed by atoms with Crippen LogP contribution in [0.4, 0.5) is 0 Å². The number of H-pyrrole nitrogens is 1. The molecule has 2 heterocycles. The molecule has 3 nitrogen and oxygen atoms in total. The molecule has 3 rings (SSSR count). The Labute approximate surface area is 93.4 Å². The number of aromatic amines is 1. The van der Waals surface area contributed by atoms with E-state index in [-0.39, 0.29) is 0 Å². The average molecular weight is 210 g/mol. The summed E-state index contributed by atoms with van der Waals surface area (Å²) in [5, 5.41) is 8.57. The number of pyridine rings is 1. The van der Waals surface area contributed by atoms with Crippen molar-refractivity contribution >= 4 is 10.9 Å². The molecule has 0 saturated carbocycles. The first-order chi connectivity index (χ1) is 7.84. The second-order valence-electron chi connectivity index (χ2n) is 3.87. The molecule has 0 fully saturated rings. The molecule has 0 spiro atoms. The molecule has 0 bridgehead atoms. The molecule has 1 aromatic carbocycles. The van der Waals surface area contributed by atoms with Crippen molar-refractivity contribution < 1.29 is 4.57 Å². The first kappa shape index (κ1) is 9.09. The molecule has 0 aliphatic carbocycles. The van der Waals surface area contributed by atoms with Gasteiger partial charge in [-0.1, -0.05) is 18.2 Å². The summed E-state index contributed by atoms with van der Waals surface area (Å²) in [7, 11) is 2.01. The Morgan fingerprint density at radius 2 is 1.81 bits per heavy atom. The summed E-state index contributed by atoms with van der Waals surface area (Å²) < 4.78 is 2.01. The van der Waals surface area contributed by atoms with Crippen LogP contribution in [0.5, 0.6) is 0 Å². The zero-order chi connectivity index (χ0) is 11.0. The van der Waals surface area contributed by atoms with E-state index in [9.17, 15) is 0 Å². The Bertz CT molecular complexity index is 623. The molecule has 0 atom stereocenters. The fourth-order valence-corrected chi connectivity index (χ4v) is 1.84. The van der Waals surface area contributed by atoms with Gasteiger partial charge < -0.3 is 0 Å². The minimum Gasteiger partial charge on any atom is -0.277 e. The second kappa shape index (κ2) is 3.45. The first-order valence-electron chi connectivity index (χ1n) is 5.23. The predicted octanol–water partition coefficient (Wildman–Crippen LogP) is 2.05. The fraction of sp³-hybridized carbons (Fsp3) is 0.0769. The van der Waals surface area contributed by atoms with Crippen LogP contribution < -0.4 is 4.57 Å². The smallest absolute Gasteiger partial charge is 0.169 e. The zero-order valence-corrected chi connectivity index (χ0v) is 9.01. The lowest BCUT2D eigenvalue weighted by Crippen LogP contribution is -2.25. The third kappa shape index (κ3) is 1.37. The standard InChI is InChI=1S/C13H11N3/c1-16-8-6-10(7-9-16)13-11-4-2-3-5-12(11)14-15-13/h2-9H,1H3/p+1. The Balaban J connectivity index is 2.22. The molecular formula is C13H12N3+. The van der Waals surface area contributed by atoms with Gasteiger partial charge in [0.25, 0.3) is 0 Å². The molecule has 0 saturated heterocycles. The minimum atomic E-state index is 1.01. The average Bonchev–Trinajstić information content (AvgIpc) is 2.74. The highest BCUT2D eigenvalue weighted by Crippen LogP contribution is 2.24. The van der Waals surface area contributed by atoms with Gasteiger partial charge in [-0.3, -0.25) is 5.10 Å². The van der Waals surface area contributed by atoms with Gasteiger partial charge in [-0.15, -0.1) is 0 Å². The highest BCUT2D eigenvalue weighted by molar-refractivity contribution is 5.92. The molecule has 1 N–H and O–H groups in total. The maximum atomic E-state index is 4.36. The lowest BCUT2D eigenvalue weighted by atomic mass is 10.1. The quantitative estimate of drug-likeness (QED) is 0.613. The van der Waals surface area contributed by atoms with Gasteiger partial charge in [-0.2, -0.15) is 5.10 Å². The summed E-state index contributed by atoms with van der Waals surface area (Å²) in [5.74, 6) is 0. The highest BCUT2D eigenvalue weighted by atomic mass is 15.1. The van der Waals surface area contributed by atoms with Crippen molar-refractivity contribution in [2.45, 2.75) is 0 Å². The Kier molecular flexibility index (Phi) is 1.96. The highest BCUT2D eigenvalue weighted by Gasteiger charge is 2.07. The number of nitrogens with one attached hydrogen (secondary N) is 1. The summed E-state index contributed by atoms with van der Waals surface area (Å²) in [4.78, 5) is 0. The van der Waals surface area contributed by atoms with E-state index < -0.39 is 0 Å². The van der Waals surface area contributed by atoms with Crippen LogP contribution in [0.1, 0.15) is 0 Å². The van der Waals surface area contributed by atoms with Crippen molar-refractivity contribution in [1.82, 2.24) is 10.2 Å². The van der Waals surface area contributed by atoms with E-state index in [0.717, 1.165) is 22.2 Å². The molecule has 3 aromatic rings. The molecule has 3 heteroatoms. The maximum absolute atomic E-state index is 4.36. The Hall–Kier alpha value is -2.16. The molecule has 0 amide bonds. The van der Waals surface area contributed by atoms with E-state index in [4.69, 9.17) is 0 Å². The van der Waals surface area contributed by atoms with Crippen LogP contribution in [0, 0.1) is 0 Å². The SMILES string of the molecule is C[n+]1ccc(-c2n[nH]c3ccccc23)cc1. The Morgan fingerprint density at radius 3 is 2.62 bits per heavy atom. The van der Waals surface area contributed by atoms with Crippen molar-refractivity contribution in [3.8, 4) is 11.3 Å². The van der Waals surface area contributed by atoms with Gasteiger partial charge in [0.05, 0.1) is 5.52 Å². The van der Waals surface area contributed by atoms with Crippen LogP contribution in [-0.4, -0.2) is 10.2 Å². The maximum Gasteiger partial charge on any atom is 0.169 e. The topological polar surface area (TPSA) is 32.6 Å². The van der Waals surface area contributed by atoms with E-state index in [0.29, 0.717) is 0 Å². The Morgan fingerprint density at radius 1 is 1.06 bits per heavy atom.